The Balaban J connectivity index is 1.94. The molecular weight excluding hydrogens is 248 g/mol. The van der Waals surface area contributed by atoms with Crippen LogP contribution in [0, 0.1) is 29.6 Å². The number of hydrogen-bond donors (Lipinski definition) is 1. The molecule has 0 spiro atoms. The first-order chi connectivity index (χ1) is 9.61. The van der Waals surface area contributed by atoms with Crippen molar-refractivity contribution in [3.8, 4) is 0 Å². The zero-order chi connectivity index (χ0) is 14.3. The molecule has 0 saturated heterocycles. The second-order valence-electron chi connectivity index (χ2n) is 7.39. The van der Waals surface area contributed by atoms with Gasteiger partial charge in [0.1, 0.15) is 0 Å². The van der Waals surface area contributed by atoms with Crippen LogP contribution in [-0.2, 0) is 4.79 Å². The summed E-state index contributed by atoms with van der Waals surface area (Å²) in [6.07, 6.45) is 9.26. The molecule has 3 rings (SSSR count). The topological polar surface area (TPSA) is 37.3 Å². The minimum absolute atomic E-state index is 0.153. The number of rotatable bonds is 2. The number of allylic oxidation sites excluding steroid dienone is 1. The maximum Gasteiger partial charge on any atom is 0.161 e. The highest BCUT2D eigenvalue weighted by molar-refractivity contribution is 5.96. The van der Waals surface area contributed by atoms with Gasteiger partial charge in [0.2, 0.25) is 0 Å². The summed E-state index contributed by atoms with van der Waals surface area (Å²) >= 11 is 0. The highest BCUT2D eigenvalue weighted by atomic mass is 16.3. The number of Topliss-reactive ketones (excluding diaryl/α,β-unsaturated/α-hetero) is 1. The summed E-state index contributed by atoms with van der Waals surface area (Å²) < 4.78 is 0. The molecule has 2 nitrogen and oxygen atoms in total. The van der Waals surface area contributed by atoms with Crippen LogP contribution in [-0.4, -0.2) is 17.0 Å². The first-order valence-corrected chi connectivity index (χ1v) is 8.49. The van der Waals surface area contributed by atoms with Crippen LogP contribution in [0.2, 0.25) is 0 Å². The Kier molecular flexibility index (Phi) is 4.03. The SMILES string of the molecule is C=C(C)C(=O)C1C2CCCCC2C(O)C2CCCCC21. The average molecular weight is 276 g/mol. The standard InChI is InChI=1S/C18H28O2/c1-11(2)17(19)16-12-7-3-5-9-14(12)18(20)15-10-6-4-8-13(15)16/h12-16,18,20H,1,3-10H2,2H3. The minimum atomic E-state index is -0.153. The summed E-state index contributed by atoms with van der Waals surface area (Å²) in [5, 5.41) is 10.8. The normalized spacial score (nSPS) is 44.3. The van der Waals surface area contributed by atoms with Crippen molar-refractivity contribution in [3.05, 3.63) is 12.2 Å². The predicted octanol–water partition coefficient (Wildman–Crippen LogP) is 3.74. The molecule has 4 unspecified atom stereocenters. The summed E-state index contributed by atoms with van der Waals surface area (Å²) in [5.74, 6) is 2.04. The number of carbonyl (C=O) groups is 1. The van der Waals surface area contributed by atoms with Crippen LogP contribution in [0.1, 0.15) is 58.3 Å². The number of hydrogen-bond acceptors (Lipinski definition) is 2. The number of carbonyl (C=O) groups excluding carboxylic acids is 1. The zero-order valence-electron chi connectivity index (χ0n) is 12.7. The number of aliphatic hydroxyl groups excluding tert-OH is 1. The van der Waals surface area contributed by atoms with E-state index in [-0.39, 0.29) is 12.0 Å². The highest BCUT2D eigenvalue weighted by Crippen LogP contribution is 2.53. The largest absolute Gasteiger partial charge is 0.393 e. The van der Waals surface area contributed by atoms with E-state index in [0.717, 1.165) is 31.3 Å². The smallest absolute Gasteiger partial charge is 0.161 e. The molecule has 0 radical (unpaired) electrons. The minimum Gasteiger partial charge on any atom is -0.393 e. The summed E-state index contributed by atoms with van der Waals surface area (Å²) in [6, 6.07) is 0. The van der Waals surface area contributed by atoms with Crippen LogP contribution >= 0.6 is 0 Å². The lowest BCUT2D eigenvalue weighted by Gasteiger charge is -2.53. The van der Waals surface area contributed by atoms with Gasteiger partial charge in [-0.2, -0.15) is 0 Å². The van der Waals surface area contributed by atoms with Crippen LogP contribution in [0.15, 0.2) is 12.2 Å². The second kappa shape index (κ2) is 5.63. The fourth-order valence-electron chi connectivity index (χ4n) is 5.42. The van der Waals surface area contributed by atoms with Gasteiger partial charge in [-0.15, -0.1) is 0 Å². The van der Waals surface area contributed by atoms with Crippen LogP contribution < -0.4 is 0 Å². The molecule has 0 heterocycles. The maximum absolute atomic E-state index is 12.7. The van der Waals surface area contributed by atoms with Crippen molar-refractivity contribution in [1.29, 1.82) is 0 Å². The number of ketones is 1. The Labute approximate surface area is 122 Å². The number of fused-ring (bicyclic) bond motifs is 2. The maximum atomic E-state index is 12.7. The van der Waals surface area contributed by atoms with Crippen molar-refractivity contribution >= 4 is 5.78 Å². The van der Waals surface area contributed by atoms with E-state index in [9.17, 15) is 9.90 Å². The van der Waals surface area contributed by atoms with E-state index in [0.29, 0.717) is 29.5 Å². The van der Waals surface area contributed by atoms with Gasteiger partial charge in [0.25, 0.3) is 0 Å². The Morgan fingerprint density at radius 3 is 1.70 bits per heavy atom. The molecule has 4 atom stereocenters. The molecule has 0 bridgehead atoms. The van der Waals surface area contributed by atoms with Crippen LogP contribution in [0.5, 0.6) is 0 Å². The van der Waals surface area contributed by atoms with E-state index >= 15 is 0 Å². The van der Waals surface area contributed by atoms with Gasteiger partial charge in [-0.05, 0) is 61.9 Å². The van der Waals surface area contributed by atoms with Gasteiger partial charge in [-0.3, -0.25) is 4.79 Å². The fraction of sp³-hybridized carbons (Fsp3) is 0.833. The molecular formula is C18H28O2. The molecule has 0 aromatic rings. The molecule has 0 aromatic carbocycles. The van der Waals surface area contributed by atoms with Gasteiger partial charge in [-0.1, -0.05) is 32.3 Å². The Morgan fingerprint density at radius 2 is 1.30 bits per heavy atom. The van der Waals surface area contributed by atoms with E-state index in [1.54, 1.807) is 0 Å². The van der Waals surface area contributed by atoms with E-state index in [1.807, 2.05) is 6.92 Å². The van der Waals surface area contributed by atoms with Gasteiger partial charge in [0.15, 0.2) is 5.78 Å². The zero-order valence-corrected chi connectivity index (χ0v) is 12.7. The molecule has 112 valence electrons. The molecule has 0 amide bonds. The van der Waals surface area contributed by atoms with Crippen molar-refractivity contribution in [2.75, 3.05) is 0 Å². The summed E-state index contributed by atoms with van der Waals surface area (Å²) in [6.45, 7) is 5.78. The van der Waals surface area contributed by atoms with Crippen LogP contribution in [0.25, 0.3) is 0 Å². The Bertz CT molecular complexity index is 376. The third-order valence-electron chi connectivity index (χ3n) is 6.27. The molecule has 3 fully saturated rings. The van der Waals surface area contributed by atoms with Crippen molar-refractivity contribution < 1.29 is 9.90 Å². The second-order valence-corrected chi connectivity index (χ2v) is 7.39. The monoisotopic (exact) mass is 276 g/mol. The van der Waals surface area contributed by atoms with Crippen molar-refractivity contribution in [3.63, 3.8) is 0 Å². The molecule has 2 heteroatoms. The lowest BCUT2D eigenvalue weighted by atomic mass is 9.52. The molecule has 0 aliphatic heterocycles. The van der Waals surface area contributed by atoms with E-state index in [1.165, 1.54) is 25.7 Å². The Hall–Kier alpha value is -0.630. The van der Waals surface area contributed by atoms with E-state index in [4.69, 9.17) is 0 Å². The van der Waals surface area contributed by atoms with Gasteiger partial charge in [-0.25, -0.2) is 0 Å². The molecule has 1 N–H and O–H groups in total. The van der Waals surface area contributed by atoms with Crippen LogP contribution in [0.4, 0.5) is 0 Å². The van der Waals surface area contributed by atoms with Crippen LogP contribution in [0.3, 0.4) is 0 Å². The summed E-state index contributed by atoms with van der Waals surface area (Å²) in [7, 11) is 0. The lowest BCUT2D eigenvalue weighted by molar-refractivity contribution is -0.143. The van der Waals surface area contributed by atoms with Crippen molar-refractivity contribution in [2.45, 2.75) is 64.4 Å². The third kappa shape index (κ3) is 2.26. The first kappa shape index (κ1) is 14.3. The Morgan fingerprint density at radius 1 is 0.900 bits per heavy atom. The summed E-state index contributed by atoms with van der Waals surface area (Å²) in [5.41, 5.74) is 0.722. The van der Waals surface area contributed by atoms with Gasteiger partial charge in [0, 0.05) is 5.92 Å². The predicted molar refractivity (Wildman–Crippen MR) is 80.2 cm³/mol. The van der Waals surface area contributed by atoms with Crippen molar-refractivity contribution in [1.82, 2.24) is 0 Å². The highest BCUT2D eigenvalue weighted by Gasteiger charge is 2.52. The van der Waals surface area contributed by atoms with Crippen molar-refractivity contribution in [2.24, 2.45) is 29.6 Å². The van der Waals surface area contributed by atoms with Gasteiger partial charge >= 0.3 is 0 Å². The van der Waals surface area contributed by atoms with Gasteiger partial charge < -0.3 is 5.11 Å². The van der Waals surface area contributed by atoms with E-state index < -0.39 is 0 Å². The molecule has 3 aliphatic carbocycles. The number of aliphatic hydroxyl groups is 1. The molecule has 0 aromatic heterocycles. The molecule has 3 aliphatic rings. The third-order valence-corrected chi connectivity index (χ3v) is 6.27. The van der Waals surface area contributed by atoms with E-state index in [2.05, 4.69) is 6.58 Å². The lowest BCUT2D eigenvalue weighted by Crippen LogP contribution is -2.53. The molecule has 3 saturated carbocycles. The first-order valence-electron chi connectivity index (χ1n) is 8.49. The average Bonchev–Trinajstić information content (AvgIpc) is 2.47. The summed E-state index contributed by atoms with van der Waals surface area (Å²) in [4.78, 5) is 12.7. The molecule has 20 heavy (non-hydrogen) atoms. The van der Waals surface area contributed by atoms with Gasteiger partial charge in [0.05, 0.1) is 6.10 Å². The fourth-order valence-corrected chi connectivity index (χ4v) is 5.42. The quantitative estimate of drug-likeness (QED) is 0.780.